The van der Waals surface area contributed by atoms with E-state index in [1.807, 2.05) is 31.2 Å². The Morgan fingerprint density at radius 1 is 1.16 bits per heavy atom. The average molecular weight is 335 g/mol. The minimum atomic E-state index is -0.406. The summed E-state index contributed by atoms with van der Waals surface area (Å²) < 4.78 is 5.02. The first-order valence-corrected chi connectivity index (χ1v) is 7.65. The van der Waals surface area contributed by atoms with Crippen molar-refractivity contribution >= 4 is 11.6 Å². The second-order valence-electron chi connectivity index (χ2n) is 5.41. The molecule has 0 saturated carbocycles. The average Bonchev–Trinajstić information content (AvgIpc) is 2.61. The van der Waals surface area contributed by atoms with Crippen molar-refractivity contribution in [2.45, 2.75) is 6.92 Å². The molecule has 1 amide bonds. The highest BCUT2D eigenvalue weighted by atomic mass is 16.5. The molecule has 2 N–H and O–H groups in total. The lowest BCUT2D eigenvalue weighted by molar-refractivity contribution is 0.102. The van der Waals surface area contributed by atoms with Crippen LogP contribution in [0.25, 0.3) is 11.3 Å². The molecule has 0 spiro atoms. The minimum Gasteiger partial charge on any atom is -0.507 e. The van der Waals surface area contributed by atoms with Crippen molar-refractivity contribution in [3.63, 3.8) is 0 Å². The van der Waals surface area contributed by atoms with Gasteiger partial charge in [0.25, 0.3) is 5.91 Å². The molecule has 2 aromatic carbocycles. The van der Waals surface area contributed by atoms with E-state index in [1.54, 1.807) is 18.3 Å². The molecule has 0 aliphatic heterocycles. The lowest BCUT2D eigenvalue weighted by atomic mass is 10.1. The fraction of sp³-hybridized carbons (Fsp3) is 0.105. The van der Waals surface area contributed by atoms with Gasteiger partial charge in [-0.15, -0.1) is 0 Å². The predicted octanol–water partition coefficient (Wildman–Crippen LogP) is 3.42. The fourth-order valence-electron chi connectivity index (χ4n) is 2.40. The molecule has 0 unspecified atom stereocenters. The number of hydrogen-bond acceptors (Lipinski definition) is 5. The summed E-state index contributed by atoms with van der Waals surface area (Å²) in [5.41, 5.74) is 2.41. The number of hydrogen-bond donors (Lipinski definition) is 2. The van der Waals surface area contributed by atoms with Crippen molar-refractivity contribution in [3.8, 4) is 22.8 Å². The van der Waals surface area contributed by atoms with Gasteiger partial charge < -0.3 is 15.2 Å². The number of nitrogens with zero attached hydrogens (tertiary/aromatic N) is 2. The van der Waals surface area contributed by atoms with Gasteiger partial charge in [0.1, 0.15) is 17.3 Å². The summed E-state index contributed by atoms with van der Waals surface area (Å²) in [6, 6.07) is 13.7. The summed E-state index contributed by atoms with van der Waals surface area (Å²) in [6.07, 6.45) is 1.69. The number of ether oxygens (including phenoxy) is 1. The zero-order chi connectivity index (χ0) is 17.8. The minimum absolute atomic E-state index is 0.139. The summed E-state index contributed by atoms with van der Waals surface area (Å²) in [5.74, 6) is 0.612. The van der Waals surface area contributed by atoms with E-state index < -0.39 is 5.91 Å². The SMILES string of the molecule is COc1ccc(C(=O)Nc2cccc(-c3ccnc(C)n3)c2)c(O)c1. The van der Waals surface area contributed by atoms with E-state index in [4.69, 9.17) is 4.74 Å². The Kier molecular flexibility index (Phi) is 4.61. The molecule has 0 atom stereocenters. The van der Waals surface area contributed by atoms with E-state index in [2.05, 4.69) is 15.3 Å². The van der Waals surface area contributed by atoms with Gasteiger partial charge in [0.2, 0.25) is 0 Å². The predicted molar refractivity (Wildman–Crippen MR) is 94.8 cm³/mol. The highest BCUT2D eigenvalue weighted by Gasteiger charge is 2.13. The number of amides is 1. The number of aromatic nitrogens is 2. The topological polar surface area (TPSA) is 84.3 Å². The molecule has 1 aromatic heterocycles. The molecule has 6 heteroatoms. The number of carbonyl (C=O) groups is 1. The Hall–Kier alpha value is -3.41. The summed E-state index contributed by atoms with van der Waals surface area (Å²) in [5, 5.41) is 12.8. The van der Waals surface area contributed by atoms with Gasteiger partial charge in [0.15, 0.2) is 0 Å². The van der Waals surface area contributed by atoms with Crippen LogP contribution in [0.2, 0.25) is 0 Å². The Bertz CT molecular complexity index is 925. The highest BCUT2D eigenvalue weighted by Crippen LogP contribution is 2.25. The van der Waals surface area contributed by atoms with E-state index in [0.717, 1.165) is 11.3 Å². The van der Waals surface area contributed by atoms with Crippen LogP contribution in [-0.2, 0) is 0 Å². The van der Waals surface area contributed by atoms with Gasteiger partial charge in [-0.25, -0.2) is 9.97 Å². The zero-order valence-electron chi connectivity index (χ0n) is 13.9. The molecular formula is C19H17N3O3. The monoisotopic (exact) mass is 335 g/mol. The standard InChI is InChI=1S/C19H17N3O3/c1-12-20-9-8-17(21-12)13-4-3-5-14(10-13)22-19(24)16-7-6-15(25-2)11-18(16)23/h3-11,23H,1-2H3,(H,22,24). The molecule has 25 heavy (non-hydrogen) atoms. The van der Waals surface area contributed by atoms with Crippen molar-refractivity contribution in [2.24, 2.45) is 0 Å². The third-order valence-electron chi connectivity index (χ3n) is 3.64. The number of phenolic OH excluding ortho intramolecular Hbond substituents is 1. The molecule has 1 heterocycles. The van der Waals surface area contributed by atoms with Crippen LogP contribution in [0.5, 0.6) is 11.5 Å². The number of phenols is 1. The molecule has 0 fully saturated rings. The van der Waals surface area contributed by atoms with Crippen LogP contribution < -0.4 is 10.1 Å². The lowest BCUT2D eigenvalue weighted by Gasteiger charge is -2.09. The third-order valence-corrected chi connectivity index (χ3v) is 3.64. The number of carbonyl (C=O) groups excluding carboxylic acids is 1. The van der Waals surface area contributed by atoms with Crippen LogP contribution in [0.15, 0.2) is 54.7 Å². The molecule has 0 aliphatic rings. The van der Waals surface area contributed by atoms with Crippen LogP contribution in [0.4, 0.5) is 5.69 Å². The van der Waals surface area contributed by atoms with Crippen molar-refractivity contribution < 1.29 is 14.6 Å². The number of anilines is 1. The van der Waals surface area contributed by atoms with Gasteiger partial charge in [-0.3, -0.25) is 4.79 Å². The van der Waals surface area contributed by atoms with E-state index in [-0.39, 0.29) is 11.3 Å². The third kappa shape index (κ3) is 3.74. The molecule has 126 valence electrons. The summed E-state index contributed by atoms with van der Waals surface area (Å²) >= 11 is 0. The van der Waals surface area contributed by atoms with Gasteiger partial charge >= 0.3 is 0 Å². The van der Waals surface area contributed by atoms with Gasteiger partial charge in [-0.2, -0.15) is 0 Å². The Balaban J connectivity index is 1.84. The van der Waals surface area contributed by atoms with Gasteiger partial charge in [0.05, 0.1) is 18.4 Å². The fourth-order valence-corrected chi connectivity index (χ4v) is 2.40. The highest BCUT2D eigenvalue weighted by molar-refractivity contribution is 6.06. The number of methoxy groups -OCH3 is 1. The van der Waals surface area contributed by atoms with Crippen LogP contribution >= 0.6 is 0 Å². The molecule has 3 rings (SSSR count). The largest absolute Gasteiger partial charge is 0.507 e. The van der Waals surface area contributed by atoms with E-state index in [0.29, 0.717) is 17.3 Å². The Morgan fingerprint density at radius 2 is 2.00 bits per heavy atom. The quantitative estimate of drug-likeness (QED) is 0.763. The first-order chi connectivity index (χ1) is 12.1. The van der Waals surface area contributed by atoms with Crippen LogP contribution in [0.1, 0.15) is 16.2 Å². The summed E-state index contributed by atoms with van der Waals surface area (Å²) in [4.78, 5) is 20.9. The summed E-state index contributed by atoms with van der Waals surface area (Å²) in [7, 11) is 1.49. The number of nitrogens with one attached hydrogen (secondary N) is 1. The van der Waals surface area contributed by atoms with E-state index in [9.17, 15) is 9.90 Å². The molecule has 0 bridgehead atoms. The number of aromatic hydroxyl groups is 1. The second-order valence-corrected chi connectivity index (χ2v) is 5.41. The van der Waals surface area contributed by atoms with Crippen LogP contribution in [0, 0.1) is 6.92 Å². The van der Waals surface area contributed by atoms with E-state index in [1.165, 1.54) is 19.2 Å². The lowest BCUT2D eigenvalue weighted by Crippen LogP contribution is -2.12. The van der Waals surface area contributed by atoms with Crippen molar-refractivity contribution in [2.75, 3.05) is 12.4 Å². The second kappa shape index (κ2) is 7.00. The first kappa shape index (κ1) is 16.4. The molecule has 0 saturated heterocycles. The Labute approximate surface area is 145 Å². The number of rotatable bonds is 4. The van der Waals surface area contributed by atoms with Gasteiger partial charge in [-0.1, -0.05) is 12.1 Å². The van der Waals surface area contributed by atoms with Gasteiger partial charge in [-0.05, 0) is 37.3 Å². The van der Waals surface area contributed by atoms with Crippen molar-refractivity contribution in [1.82, 2.24) is 9.97 Å². The molecular weight excluding hydrogens is 318 g/mol. The first-order valence-electron chi connectivity index (χ1n) is 7.65. The van der Waals surface area contributed by atoms with Crippen molar-refractivity contribution in [1.29, 1.82) is 0 Å². The smallest absolute Gasteiger partial charge is 0.259 e. The Morgan fingerprint density at radius 3 is 2.72 bits per heavy atom. The maximum Gasteiger partial charge on any atom is 0.259 e. The number of aryl methyl sites for hydroxylation is 1. The van der Waals surface area contributed by atoms with Gasteiger partial charge in [0, 0.05) is 23.5 Å². The van der Waals surface area contributed by atoms with Crippen molar-refractivity contribution in [3.05, 3.63) is 66.1 Å². The zero-order valence-corrected chi connectivity index (χ0v) is 13.9. The molecule has 0 aliphatic carbocycles. The molecule has 0 radical (unpaired) electrons. The van der Waals surface area contributed by atoms with Crippen LogP contribution in [0.3, 0.4) is 0 Å². The normalized spacial score (nSPS) is 10.3. The summed E-state index contributed by atoms with van der Waals surface area (Å²) in [6.45, 7) is 1.82. The number of benzene rings is 2. The maximum atomic E-state index is 12.4. The van der Waals surface area contributed by atoms with E-state index >= 15 is 0 Å². The molecule has 3 aromatic rings. The molecule has 6 nitrogen and oxygen atoms in total. The maximum absolute atomic E-state index is 12.4. The van der Waals surface area contributed by atoms with Crippen LogP contribution in [-0.4, -0.2) is 28.1 Å².